The minimum absolute atomic E-state index is 0.0590. The van der Waals surface area contributed by atoms with Crippen LogP contribution in [-0.4, -0.2) is 67.8 Å². The number of rotatable bonds is 4. The molecule has 17 heavy (non-hydrogen) atoms. The van der Waals surface area contributed by atoms with Gasteiger partial charge in [0.1, 0.15) is 0 Å². The average Bonchev–Trinajstić information content (AvgIpc) is 2.87. The zero-order chi connectivity index (χ0) is 12.5. The Labute approximate surface area is 105 Å². The highest BCUT2D eigenvalue weighted by Gasteiger charge is 2.44. The second-order valence-corrected chi connectivity index (χ2v) is 5.73. The molecular formula is C13H27N3O. The Morgan fingerprint density at radius 3 is 2.76 bits per heavy atom. The van der Waals surface area contributed by atoms with E-state index in [0.29, 0.717) is 12.6 Å². The highest BCUT2D eigenvalue weighted by Crippen LogP contribution is 2.31. The van der Waals surface area contributed by atoms with Gasteiger partial charge in [0.2, 0.25) is 0 Å². The maximum Gasteiger partial charge on any atom is 0.0743 e. The fourth-order valence-electron chi connectivity index (χ4n) is 3.40. The summed E-state index contributed by atoms with van der Waals surface area (Å²) in [6.45, 7) is 6.06. The number of likely N-dealkylation sites (tertiary alicyclic amines) is 1. The lowest BCUT2D eigenvalue weighted by atomic mass is 9.89. The van der Waals surface area contributed by atoms with Crippen molar-refractivity contribution < 1.29 is 4.74 Å². The van der Waals surface area contributed by atoms with Crippen LogP contribution in [0.1, 0.15) is 26.2 Å². The summed E-state index contributed by atoms with van der Waals surface area (Å²) in [7, 11) is 4.44. The van der Waals surface area contributed by atoms with E-state index < -0.39 is 0 Å². The summed E-state index contributed by atoms with van der Waals surface area (Å²) in [5, 5.41) is 0. The van der Waals surface area contributed by atoms with Gasteiger partial charge in [-0.2, -0.15) is 0 Å². The molecule has 2 aliphatic rings. The molecule has 3 unspecified atom stereocenters. The van der Waals surface area contributed by atoms with Gasteiger partial charge in [0, 0.05) is 25.7 Å². The van der Waals surface area contributed by atoms with Gasteiger partial charge in [0.25, 0.3) is 0 Å². The van der Waals surface area contributed by atoms with Crippen LogP contribution in [0, 0.1) is 0 Å². The average molecular weight is 241 g/mol. The quantitative estimate of drug-likeness (QED) is 0.779. The van der Waals surface area contributed by atoms with Crippen LogP contribution in [-0.2, 0) is 4.74 Å². The largest absolute Gasteiger partial charge is 0.376 e. The van der Waals surface area contributed by atoms with Crippen LogP contribution in [0.25, 0.3) is 0 Å². The number of nitrogens with two attached hydrogens (primary N) is 1. The van der Waals surface area contributed by atoms with Crippen molar-refractivity contribution in [2.45, 2.75) is 43.9 Å². The first-order valence-electron chi connectivity index (χ1n) is 6.83. The van der Waals surface area contributed by atoms with Crippen LogP contribution in [0.15, 0.2) is 0 Å². The van der Waals surface area contributed by atoms with Gasteiger partial charge in [-0.15, -0.1) is 0 Å². The molecule has 0 bridgehead atoms. The van der Waals surface area contributed by atoms with Crippen molar-refractivity contribution in [3.05, 3.63) is 0 Å². The highest BCUT2D eigenvalue weighted by molar-refractivity contribution is 5.00. The van der Waals surface area contributed by atoms with E-state index in [2.05, 4.69) is 30.8 Å². The smallest absolute Gasteiger partial charge is 0.0743 e. The molecule has 2 N–H and O–H groups in total. The number of nitrogens with zero attached hydrogens (tertiary/aromatic N) is 2. The molecule has 0 saturated carbocycles. The predicted octanol–water partition coefficient (Wildman–Crippen LogP) is 0.519. The Bertz CT molecular complexity index is 261. The van der Waals surface area contributed by atoms with E-state index in [1.54, 1.807) is 0 Å². The van der Waals surface area contributed by atoms with Gasteiger partial charge < -0.3 is 15.4 Å². The first kappa shape index (κ1) is 13.3. The number of ether oxygens (including phenoxy) is 1. The van der Waals surface area contributed by atoms with Crippen molar-refractivity contribution >= 4 is 0 Å². The lowest BCUT2D eigenvalue weighted by Crippen LogP contribution is -2.58. The maximum absolute atomic E-state index is 6.03. The summed E-state index contributed by atoms with van der Waals surface area (Å²) >= 11 is 0. The van der Waals surface area contributed by atoms with Crippen LogP contribution < -0.4 is 5.73 Å². The molecule has 2 heterocycles. The molecule has 0 aromatic heterocycles. The van der Waals surface area contributed by atoms with Gasteiger partial charge in [-0.25, -0.2) is 0 Å². The lowest BCUT2D eigenvalue weighted by Gasteiger charge is -2.42. The van der Waals surface area contributed by atoms with E-state index in [1.807, 2.05) is 0 Å². The van der Waals surface area contributed by atoms with Gasteiger partial charge in [0.05, 0.1) is 11.6 Å². The molecule has 0 spiro atoms. The minimum atomic E-state index is 0.0590. The third-order valence-corrected chi connectivity index (χ3v) is 4.93. The van der Waals surface area contributed by atoms with Crippen LogP contribution in [0.2, 0.25) is 0 Å². The molecule has 2 saturated heterocycles. The van der Waals surface area contributed by atoms with Crippen molar-refractivity contribution in [1.29, 1.82) is 0 Å². The number of likely N-dealkylation sites (N-methyl/N-ethyl adjacent to an activating group) is 2. The fraction of sp³-hybridized carbons (Fsp3) is 1.00. The SMILES string of the molecule is CC1OCCC1(CN)N(C)CC1CCCN1C. The monoisotopic (exact) mass is 241 g/mol. The number of hydrogen-bond donors (Lipinski definition) is 1. The van der Waals surface area contributed by atoms with Gasteiger partial charge in [-0.1, -0.05) is 0 Å². The Kier molecular flexibility index (Phi) is 4.08. The molecule has 0 radical (unpaired) electrons. The van der Waals surface area contributed by atoms with Gasteiger partial charge in [-0.05, 0) is 46.8 Å². The molecule has 0 aromatic carbocycles. The molecule has 4 heteroatoms. The normalized spacial score (nSPS) is 39.4. The van der Waals surface area contributed by atoms with E-state index in [1.165, 1.54) is 19.4 Å². The lowest BCUT2D eigenvalue weighted by molar-refractivity contribution is 0.0190. The van der Waals surface area contributed by atoms with Crippen LogP contribution in [0.3, 0.4) is 0 Å². The molecule has 0 aromatic rings. The molecule has 4 nitrogen and oxygen atoms in total. The zero-order valence-electron chi connectivity index (χ0n) is 11.5. The highest BCUT2D eigenvalue weighted by atomic mass is 16.5. The van der Waals surface area contributed by atoms with Crippen LogP contribution >= 0.6 is 0 Å². The molecule has 2 fully saturated rings. The summed E-state index contributed by atoms with van der Waals surface area (Å²) in [6.07, 6.45) is 3.97. The van der Waals surface area contributed by atoms with E-state index in [0.717, 1.165) is 19.6 Å². The van der Waals surface area contributed by atoms with E-state index in [-0.39, 0.29) is 11.6 Å². The molecule has 0 amide bonds. The van der Waals surface area contributed by atoms with Gasteiger partial charge in [-0.3, -0.25) is 4.90 Å². The Morgan fingerprint density at radius 1 is 1.53 bits per heavy atom. The minimum Gasteiger partial charge on any atom is -0.376 e. The summed E-state index contributed by atoms with van der Waals surface area (Å²) in [5.74, 6) is 0. The Hall–Kier alpha value is -0.160. The van der Waals surface area contributed by atoms with E-state index in [4.69, 9.17) is 10.5 Å². The summed E-state index contributed by atoms with van der Waals surface area (Å²) in [6, 6.07) is 0.691. The Morgan fingerprint density at radius 2 is 2.29 bits per heavy atom. The fourth-order valence-corrected chi connectivity index (χ4v) is 3.40. The van der Waals surface area contributed by atoms with Crippen molar-refractivity contribution in [1.82, 2.24) is 9.80 Å². The first-order chi connectivity index (χ1) is 8.10. The molecule has 2 aliphatic heterocycles. The first-order valence-corrected chi connectivity index (χ1v) is 6.83. The number of hydrogen-bond acceptors (Lipinski definition) is 4. The topological polar surface area (TPSA) is 41.7 Å². The maximum atomic E-state index is 6.03. The molecule has 2 rings (SSSR count). The second-order valence-electron chi connectivity index (χ2n) is 5.73. The molecular weight excluding hydrogens is 214 g/mol. The third-order valence-electron chi connectivity index (χ3n) is 4.93. The Balaban J connectivity index is 2.00. The summed E-state index contributed by atoms with van der Waals surface area (Å²) in [5.41, 5.74) is 6.09. The zero-order valence-corrected chi connectivity index (χ0v) is 11.5. The van der Waals surface area contributed by atoms with Crippen molar-refractivity contribution in [2.75, 3.05) is 40.3 Å². The van der Waals surface area contributed by atoms with Gasteiger partial charge in [0.15, 0.2) is 0 Å². The molecule has 0 aliphatic carbocycles. The van der Waals surface area contributed by atoms with Gasteiger partial charge >= 0.3 is 0 Å². The van der Waals surface area contributed by atoms with Crippen molar-refractivity contribution in [3.8, 4) is 0 Å². The predicted molar refractivity (Wildman–Crippen MR) is 70.1 cm³/mol. The molecule has 100 valence electrons. The second kappa shape index (κ2) is 5.22. The van der Waals surface area contributed by atoms with E-state index >= 15 is 0 Å². The van der Waals surface area contributed by atoms with Crippen LogP contribution in [0.5, 0.6) is 0 Å². The van der Waals surface area contributed by atoms with Crippen molar-refractivity contribution in [3.63, 3.8) is 0 Å². The van der Waals surface area contributed by atoms with Crippen molar-refractivity contribution in [2.24, 2.45) is 5.73 Å². The summed E-state index contributed by atoms with van der Waals surface area (Å²) < 4.78 is 5.74. The summed E-state index contributed by atoms with van der Waals surface area (Å²) in [4.78, 5) is 4.93. The molecule has 3 atom stereocenters. The van der Waals surface area contributed by atoms with Crippen LogP contribution in [0.4, 0.5) is 0 Å². The third kappa shape index (κ3) is 2.36. The van der Waals surface area contributed by atoms with E-state index in [9.17, 15) is 0 Å². The standard InChI is InChI=1S/C13H27N3O/c1-11-13(10-14,6-8-17-11)16(3)9-12-5-4-7-15(12)2/h11-12H,4-10,14H2,1-3H3.